The molecule has 3 rings (SSSR count). The average Bonchev–Trinajstić information content (AvgIpc) is 3.03. The van der Waals surface area contributed by atoms with Crippen molar-refractivity contribution in [2.45, 2.75) is 44.0 Å². The normalized spacial score (nSPS) is 26.9. The zero-order valence-electron chi connectivity index (χ0n) is 15.7. The van der Waals surface area contributed by atoms with Crippen LogP contribution in [-0.2, 0) is 19.6 Å². The Morgan fingerprint density at radius 2 is 1.78 bits per heavy atom. The summed E-state index contributed by atoms with van der Waals surface area (Å²) in [5.74, 6) is -1.99. The molecule has 3 unspecified atom stereocenters. The summed E-state index contributed by atoms with van der Waals surface area (Å²) in [6.45, 7) is 4.61. The van der Waals surface area contributed by atoms with Gasteiger partial charge in [0.2, 0.25) is 15.9 Å². The maximum atomic E-state index is 12.9. The van der Waals surface area contributed by atoms with E-state index in [2.05, 4.69) is 0 Å². The number of carbonyl (C=O) groups excluding carboxylic acids is 1. The highest BCUT2D eigenvalue weighted by atomic mass is 32.2. The van der Waals surface area contributed by atoms with E-state index in [0.717, 1.165) is 5.56 Å². The zero-order valence-corrected chi connectivity index (χ0v) is 16.5. The van der Waals surface area contributed by atoms with Crippen LogP contribution in [0.25, 0.3) is 0 Å². The summed E-state index contributed by atoms with van der Waals surface area (Å²) < 4.78 is 27.2. The number of aliphatic carboxylic acids is 1. The van der Waals surface area contributed by atoms with E-state index in [0.29, 0.717) is 32.4 Å². The molecule has 1 amide bonds. The number of benzene rings is 1. The lowest BCUT2D eigenvalue weighted by molar-refractivity contribution is -0.143. The number of hydrogen-bond donors (Lipinski definition) is 1. The molecule has 3 atom stereocenters. The molecule has 0 aliphatic carbocycles. The molecule has 1 aromatic carbocycles. The Morgan fingerprint density at radius 1 is 1.11 bits per heavy atom. The first-order valence-corrected chi connectivity index (χ1v) is 10.8. The Hall–Kier alpha value is -1.93. The molecule has 2 heterocycles. The minimum atomic E-state index is -3.64. The highest BCUT2D eigenvalue weighted by Gasteiger charge is 2.42. The van der Waals surface area contributed by atoms with Gasteiger partial charge in [0.25, 0.3) is 0 Å². The summed E-state index contributed by atoms with van der Waals surface area (Å²) in [5, 5.41) is 9.26. The Morgan fingerprint density at radius 3 is 2.37 bits per heavy atom. The Balaban J connectivity index is 1.73. The van der Waals surface area contributed by atoms with Crippen molar-refractivity contribution in [1.82, 2.24) is 9.21 Å². The van der Waals surface area contributed by atoms with Crippen molar-refractivity contribution in [2.24, 2.45) is 11.8 Å². The third-order valence-electron chi connectivity index (χ3n) is 5.75. The molecule has 2 aliphatic heterocycles. The van der Waals surface area contributed by atoms with Gasteiger partial charge in [0.15, 0.2) is 0 Å². The average molecular weight is 394 g/mol. The van der Waals surface area contributed by atoms with Gasteiger partial charge in [-0.3, -0.25) is 9.59 Å². The Labute approximate surface area is 160 Å². The molecule has 27 heavy (non-hydrogen) atoms. The second kappa shape index (κ2) is 7.59. The molecule has 0 spiro atoms. The lowest BCUT2D eigenvalue weighted by atomic mass is 9.97. The summed E-state index contributed by atoms with van der Waals surface area (Å²) in [5.41, 5.74) is 0.983. The number of hydrogen-bond acceptors (Lipinski definition) is 4. The second-order valence-corrected chi connectivity index (χ2v) is 9.46. The van der Waals surface area contributed by atoms with E-state index < -0.39 is 27.8 Å². The number of carboxylic acids is 1. The van der Waals surface area contributed by atoms with Crippen LogP contribution in [0, 0.1) is 18.8 Å². The predicted molar refractivity (Wildman–Crippen MR) is 99.6 cm³/mol. The quantitative estimate of drug-likeness (QED) is 0.839. The molecule has 148 valence electrons. The van der Waals surface area contributed by atoms with Gasteiger partial charge in [-0.05, 0) is 45.2 Å². The molecule has 0 aromatic heterocycles. The number of aryl methyl sites for hydroxylation is 1. The zero-order chi connectivity index (χ0) is 19.8. The molecule has 8 heteroatoms. The van der Waals surface area contributed by atoms with E-state index in [1.54, 1.807) is 36.1 Å². The van der Waals surface area contributed by atoms with Gasteiger partial charge in [-0.25, -0.2) is 8.42 Å². The topological polar surface area (TPSA) is 95.0 Å². The standard InChI is InChI=1S/C19H26N2O5S/c1-13-5-7-16(8-6-13)27(25,26)20-10-3-4-15(12-20)18(22)21-11-9-17(14(21)2)19(23)24/h5-8,14-15,17H,3-4,9-12H2,1-2H3,(H,23,24). The third-order valence-corrected chi connectivity index (χ3v) is 7.63. The SMILES string of the molecule is Cc1ccc(S(=O)(=O)N2CCCC(C(=O)N3CCC(C(=O)O)C3C)C2)cc1. The van der Waals surface area contributed by atoms with Crippen molar-refractivity contribution < 1.29 is 23.1 Å². The van der Waals surface area contributed by atoms with Gasteiger partial charge < -0.3 is 10.0 Å². The molecular weight excluding hydrogens is 368 g/mol. The van der Waals surface area contributed by atoms with E-state index >= 15 is 0 Å². The van der Waals surface area contributed by atoms with Crippen molar-refractivity contribution in [2.75, 3.05) is 19.6 Å². The van der Waals surface area contributed by atoms with Gasteiger partial charge in [-0.1, -0.05) is 17.7 Å². The van der Waals surface area contributed by atoms with Crippen LogP contribution in [0.5, 0.6) is 0 Å². The first kappa shape index (κ1) is 19.8. The molecule has 7 nitrogen and oxygen atoms in total. The largest absolute Gasteiger partial charge is 0.481 e. The smallest absolute Gasteiger partial charge is 0.308 e. The van der Waals surface area contributed by atoms with E-state index in [1.807, 2.05) is 6.92 Å². The van der Waals surface area contributed by atoms with Crippen LogP contribution in [-0.4, -0.2) is 60.3 Å². The Bertz CT molecular complexity index is 821. The fourth-order valence-corrected chi connectivity index (χ4v) is 5.56. The lowest BCUT2D eigenvalue weighted by Gasteiger charge is -2.34. The van der Waals surface area contributed by atoms with E-state index in [4.69, 9.17) is 0 Å². The second-order valence-electron chi connectivity index (χ2n) is 7.52. The van der Waals surface area contributed by atoms with Gasteiger partial charge >= 0.3 is 5.97 Å². The summed E-state index contributed by atoms with van der Waals surface area (Å²) in [7, 11) is -3.64. The monoisotopic (exact) mass is 394 g/mol. The van der Waals surface area contributed by atoms with Crippen molar-refractivity contribution in [3.05, 3.63) is 29.8 Å². The van der Waals surface area contributed by atoms with Crippen molar-refractivity contribution in [3.63, 3.8) is 0 Å². The van der Waals surface area contributed by atoms with Crippen LogP contribution in [0.15, 0.2) is 29.2 Å². The summed E-state index contributed by atoms with van der Waals surface area (Å²) in [6, 6.07) is 6.35. The van der Waals surface area contributed by atoms with Crippen LogP contribution in [0.1, 0.15) is 31.7 Å². The molecule has 0 radical (unpaired) electrons. The number of rotatable bonds is 4. The minimum absolute atomic E-state index is 0.130. The number of likely N-dealkylation sites (tertiary alicyclic amines) is 1. The third kappa shape index (κ3) is 3.87. The molecule has 0 saturated carbocycles. The summed E-state index contributed by atoms with van der Waals surface area (Å²) >= 11 is 0. The maximum absolute atomic E-state index is 12.9. The van der Waals surface area contributed by atoms with Crippen molar-refractivity contribution in [3.8, 4) is 0 Å². The number of amides is 1. The van der Waals surface area contributed by atoms with Crippen molar-refractivity contribution in [1.29, 1.82) is 0 Å². The molecule has 1 aromatic rings. The molecular formula is C19H26N2O5S. The van der Waals surface area contributed by atoms with Gasteiger partial charge in [-0.15, -0.1) is 0 Å². The first-order chi connectivity index (χ1) is 12.7. The highest BCUT2D eigenvalue weighted by molar-refractivity contribution is 7.89. The van der Waals surface area contributed by atoms with Crippen LogP contribution in [0.3, 0.4) is 0 Å². The fourth-order valence-electron chi connectivity index (χ4n) is 4.04. The van der Waals surface area contributed by atoms with E-state index in [1.165, 1.54) is 4.31 Å². The predicted octanol–water partition coefficient (Wildman–Crippen LogP) is 1.72. The molecule has 0 bridgehead atoms. The number of nitrogens with zero attached hydrogens (tertiary/aromatic N) is 2. The van der Waals surface area contributed by atoms with Gasteiger partial charge in [0.1, 0.15) is 0 Å². The van der Waals surface area contributed by atoms with Gasteiger partial charge in [0.05, 0.1) is 16.7 Å². The van der Waals surface area contributed by atoms with Crippen LogP contribution >= 0.6 is 0 Å². The van der Waals surface area contributed by atoms with Gasteiger partial charge in [0, 0.05) is 25.7 Å². The fraction of sp³-hybridized carbons (Fsp3) is 0.579. The highest BCUT2D eigenvalue weighted by Crippen LogP contribution is 2.30. The minimum Gasteiger partial charge on any atom is -0.481 e. The number of sulfonamides is 1. The van der Waals surface area contributed by atoms with E-state index in [9.17, 15) is 23.1 Å². The van der Waals surface area contributed by atoms with Crippen LogP contribution in [0.4, 0.5) is 0 Å². The summed E-state index contributed by atoms with van der Waals surface area (Å²) in [6.07, 6.45) is 1.69. The molecule has 2 saturated heterocycles. The molecule has 2 fully saturated rings. The Kier molecular flexibility index (Phi) is 5.58. The molecule has 1 N–H and O–H groups in total. The van der Waals surface area contributed by atoms with Crippen LogP contribution in [0.2, 0.25) is 0 Å². The van der Waals surface area contributed by atoms with Gasteiger partial charge in [-0.2, -0.15) is 4.31 Å². The summed E-state index contributed by atoms with van der Waals surface area (Å²) in [4.78, 5) is 26.1. The number of carboxylic acid groups (broad SMARTS) is 1. The number of carbonyl (C=O) groups is 2. The van der Waals surface area contributed by atoms with E-state index in [-0.39, 0.29) is 23.4 Å². The van der Waals surface area contributed by atoms with Crippen molar-refractivity contribution >= 4 is 21.9 Å². The molecule has 2 aliphatic rings. The first-order valence-electron chi connectivity index (χ1n) is 9.32. The number of piperidine rings is 1. The lowest BCUT2D eigenvalue weighted by Crippen LogP contribution is -2.48. The van der Waals surface area contributed by atoms with Crippen LogP contribution < -0.4 is 0 Å². The maximum Gasteiger partial charge on any atom is 0.308 e.